The lowest BCUT2D eigenvalue weighted by atomic mass is 9.95. The molecule has 2 nitrogen and oxygen atoms in total. The highest BCUT2D eigenvalue weighted by Crippen LogP contribution is 2.17. The van der Waals surface area contributed by atoms with E-state index in [0.717, 1.165) is 0 Å². The van der Waals surface area contributed by atoms with Crippen molar-refractivity contribution in [2.45, 2.75) is 32.9 Å². The lowest BCUT2D eigenvalue weighted by Crippen LogP contribution is -2.23. The summed E-state index contributed by atoms with van der Waals surface area (Å²) in [5.74, 6) is 0.686. The third kappa shape index (κ3) is 2.80. The Morgan fingerprint density at radius 1 is 1.20 bits per heavy atom. The average molecular weight is 163 g/mol. The normalized spacial score (nSPS) is 20.6. The Bertz CT molecular complexity index is 123. The van der Waals surface area contributed by atoms with E-state index >= 15 is 0 Å². The highest BCUT2D eigenvalue weighted by atomic mass is 32.2. The second-order valence-corrected chi connectivity index (χ2v) is 4.33. The Morgan fingerprint density at radius 3 is 1.70 bits per heavy atom. The van der Waals surface area contributed by atoms with E-state index in [-0.39, 0.29) is 11.2 Å². The van der Waals surface area contributed by atoms with Crippen molar-refractivity contribution in [3.8, 4) is 0 Å². The molecule has 0 saturated heterocycles. The summed E-state index contributed by atoms with van der Waals surface area (Å²) in [7, 11) is 0. The number of hydrogen-bond donors (Lipinski definition) is 0. The molecule has 10 heavy (non-hydrogen) atoms. The molecule has 3 heteroatoms. The summed E-state index contributed by atoms with van der Waals surface area (Å²) in [5.41, 5.74) is 0. The molecule has 0 aliphatic carbocycles. The van der Waals surface area contributed by atoms with Crippen LogP contribution >= 0.6 is 0 Å². The summed E-state index contributed by atoms with van der Waals surface area (Å²) in [6.07, 6.45) is 0. The summed E-state index contributed by atoms with van der Waals surface area (Å²) in [6.45, 7) is 7.78. The van der Waals surface area contributed by atoms with Gasteiger partial charge in [-0.15, -0.1) is 0 Å². The molecule has 0 saturated carbocycles. The molecular weight excluding hydrogens is 148 g/mol. The molecule has 0 heterocycles. The molecule has 0 aliphatic rings. The van der Waals surface area contributed by atoms with Crippen LogP contribution in [-0.4, -0.2) is 14.0 Å². The Hall–Kier alpha value is 0.110. The summed E-state index contributed by atoms with van der Waals surface area (Å²) in [6, 6.07) is 0. The van der Waals surface area contributed by atoms with Crippen molar-refractivity contribution in [1.82, 2.24) is 0 Å². The minimum Gasteiger partial charge on any atom is -0.772 e. The molecule has 0 aromatic carbocycles. The molecule has 0 aromatic heterocycles. The maximum Gasteiger partial charge on any atom is 0.0215 e. The van der Waals surface area contributed by atoms with E-state index in [2.05, 4.69) is 0 Å². The zero-order chi connectivity index (χ0) is 8.31. The smallest absolute Gasteiger partial charge is 0.0215 e. The Balaban J connectivity index is 3.94. The van der Waals surface area contributed by atoms with Gasteiger partial charge in [-0.2, -0.15) is 0 Å². The zero-order valence-corrected chi connectivity index (χ0v) is 7.77. The molecule has 0 amide bonds. The molecule has 0 radical (unpaired) electrons. The second-order valence-electron chi connectivity index (χ2n) is 3.07. The highest BCUT2D eigenvalue weighted by Gasteiger charge is 2.15. The van der Waals surface area contributed by atoms with Gasteiger partial charge < -0.3 is 4.55 Å². The molecule has 0 aromatic rings. The second kappa shape index (κ2) is 4.09. The summed E-state index contributed by atoms with van der Waals surface area (Å²) in [4.78, 5) is 0. The first-order chi connectivity index (χ1) is 4.46. The van der Waals surface area contributed by atoms with Crippen molar-refractivity contribution in [3.05, 3.63) is 0 Å². The van der Waals surface area contributed by atoms with Gasteiger partial charge in [0.25, 0.3) is 0 Å². The molecular formula is C7H15O2S-. The lowest BCUT2D eigenvalue weighted by Gasteiger charge is -2.24. The first kappa shape index (κ1) is 10.1. The third-order valence-electron chi connectivity index (χ3n) is 2.10. The quantitative estimate of drug-likeness (QED) is 0.592. The van der Waals surface area contributed by atoms with Crippen LogP contribution in [0.4, 0.5) is 0 Å². The maximum absolute atomic E-state index is 10.4. The monoisotopic (exact) mass is 163 g/mol. The first-order valence-corrected chi connectivity index (χ1v) is 4.68. The molecule has 3 atom stereocenters. The van der Waals surface area contributed by atoms with Crippen molar-refractivity contribution in [2.75, 3.05) is 0 Å². The topological polar surface area (TPSA) is 40.1 Å². The molecule has 62 valence electrons. The minimum atomic E-state index is -1.91. The van der Waals surface area contributed by atoms with Crippen LogP contribution in [0.5, 0.6) is 0 Å². The van der Waals surface area contributed by atoms with Gasteiger partial charge in [0.05, 0.1) is 0 Å². The largest absolute Gasteiger partial charge is 0.772 e. The fourth-order valence-electron chi connectivity index (χ4n) is 0.717. The first-order valence-electron chi connectivity index (χ1n) is 3.55. The Morgan fingerprint density at radius 2 is 1.60 bits per heavy atom. The van der Waals surface area contributed by atoms with E-state index in [4.69, 9.17) is 0 Å². The number of hydrogen-bond acceptors (Lipinski definition) is 2. The zero-order valence-electron chi connectivity index (χ0n) is 6.96. The van der Waals surface area contributed by atoms with Gasteiger partial charge in [0, 0.05) is 5.25 Å². The van der Waals surface area contributed by atoms with Crippen LogP contribution in [0, 0.1) is 11.8 Å². The lowest BCUT2D eigenvalue weighted by molar-refractivity contribution is 0.394. The fourth-order valence-corrected chi connectivity index (χ4v) is 1.38. The van der Waals surface area contributed by atoms with Crippen molar-refractivity contribution >= 4 is 11.1 Å². The molecule has 0 N–H and O–H groups in total. The molecule has 0 spiro atoms. The highest BCUT2D eigenvalue weighted by molar-refractivity contribution is 7.79. The molecule has 0 rings (SSSR count). The molecule has 0 bridgehead atoms. The number of rotatable bonds is 3. The van der Waals surface area contributed by atoms with Crippen LogP contribution in [0.1, 0.15) is 27.7 Å². The van der Waals surface area contributed by atoms with Gasteiger partial charge >= 0.3 is 0 Å². The van der Waals surface area contributed by atoms with Gasteiger partial charge in [-0.05, 0) is 11.8 Å². The van der Waals surface area contributed by atoms with Crippen LogP contribution < -0.4 is 0 Å². The van der Waals surface area contributed by atoms with Crippen LogP contribution in [0.15, 0.2) is 0 Å². The van der Waals surface area contributed by atoms with Gasteiger partial charge in [-0.25, -0.2) is 0 Å². The van der Waals surface area contributed by atoms with Gasteiger partial charge in [-0.3, -0.25) is 4.21 Å². The van der Waals surface area contributed by atoms with Crippen LogP contribution in [0.25, 0.3) is 0 Å². The van der Waals surface area contributed by atoms with Crippen molar-refractivity contribution in [2.24, 2.45) is 11.8 Å². The van der Waals surface area contributed by atoms with E-state index in [0.29, 0.717) is 5.92 Å². The van der Waals surface area contributed by atoms with Gasteiger partial charge in [0.15, 0.2) is 0 Å². The Labute approximate surface area is 65.3 Å². The van der Waals surface area contributed by atoms with Gasteiger partial charge in [0.1, 0.15) is 0 Å². The SMILES string of the molecule is CC(C)C(C)C(C)S(=O)[O-]. The third-order valence-corrected chi connectivity index (χ3v) is 3.13. The van der Waals surface area contributed by atoms with Crippen molar-refractivity contribution in [1.29, 1.82) is 0 Å². The predicted molar refractivity (Wildman–Crippen MR) is 42.4 cm³/mol. The van der Waals surface area contributed by atoms with Crippen LogP contribution in [-0.2, 0) is 11.1 Å². The maximum atomic E-state index is 10.4. The van der Waals surface area contributed by atoms with Gasteiger partial charge in [-0.1, -0.05) is 38.8 Å². The minimum absolute atomic E-state index is 0.222. The van der Waals surface area contributed by atoms with E-state index in [1.807, 2.05) is 20.8 Å². The standard InChI is InChI=1S/C7H16O2S/c1-5(2)6(3)7(4)10(8)9/h5-7H,1-4H3,(H,8,9)/p-1. The fraction of sp³-hybridized carbons (Fsp3) is 1.00. The van der Waals surface area contributed by atoms with Crippen LogP contribution in [0.2, 0.25) is 0 Å². The van der Waals surface area contributed by atoms with E-state index < -0.39 is 11.1 Å². The van der Waals surface area contributed by atoms with Gasteiger partial charge in [0.2, 0.25) is 0 Å². The van der Waals surface area contributed by atoms with E-state index in [1.54, 1.807) is 6.92 Å². The summed E-state index contributed by atoms with van der Waals surface area (Å²) in [5, 5.41) is -0.222. The predicted octanol–water partition coefficient (Wildman–Crippen LogP) is 1.55. The molecule has 0 aliphatic heterocycles. The Kier molecular flexibility index (Phi) is 4.13. The summed E-state index contributed by atoms with van der Waals surface area (Å²) < 4.78 is 20.9. The average Bonchev–Trinajstić information content (AvgIpc) is 1.84. The summed E-state index contributed by atoms with van der Waals surface area (Å²) >= 11 is -1.91. The van der Waals surface area contributed by atoms with E-state index in [9.17, 15) is 8.76 Å². The van der Waals surface area contributed by atoms with Crippen molar-refractivity contribution < 1.29 is 8.76 Å². The van der Waals surface area contributed by atoms with Crippen LogP contribution in [0.3, 0.4) is 0 Å². The van der Waals surface area contributed by atoms with Crippen molar-refractivity contribution in [3.63, 3.8) is 0 Å². The van der Waals surface area contributed by atoms with E-state index in [1.165, 1.54) is 0 Å². The molecule has 3 unspecified atom stereocenters. The molecule has 0 fully saturated rings.